The molecule has 0 aliphatic heterocycles. The summed E-state index contributed by atoms with van der Waals surface area (Å²) in [7, 11) is 0. The molecule has 0 saturated carbocycles. The molecule has 340 valence electrons. The summed E-state index contributed by atoms with van der Waals surface area (Å²) in [6.07, 6.45) is 0. The fraction of sp³-hybridized carbons (Fsp3) is 0.231. The number of benzene rings is 6. The van der Waals surface area contributed by atoms with E-state index in [9.17, 15) is 0 Å². The van der Waals surface area contributed by atoms with Crippen LogP contribution < -0.4 is 0 Å². The Bertz CT molecular complexity index is 2720. The van der Waals surface area contributed by atoms with E-state index in [2.05, 4.69) is 126 Å². The predicted molar refractivity (Wildman–Crippen MR) is 250 cm³/mol. The van der Waals surface area contributed by atoms with E-state index in [1.54, 1.807) is 0 Å². The van der Waals surface area contributed by atoms with Gasteiger partial charge in [-0.25, -0.2) is 0 Å². The molecule has 0 aliphatic carbocycles. The molecule has 10 rings (SSSR count). The summed E-state index contributed by atoms with van der Waals surface area (Å²) in [5.41, 5.74) is 14.7. The van der Waals surface area contributed by atoms with Crippen LogP contribution in [-0.2, 0) is 458 Å². The van der Waals surface area contributed by atoms with Crippen LogP contribution in [0.4, 0.5) is 0 Å². The summed E-state index contributed by atoms with van der Waals surface area (Å²) in [6.45, 7) is 24.6. The van der Waals surface area contributed by atoms with Crippen molar-refractivity contribution < 1.29 is 476 Å². The molecule has 0 spiro atoms. The minimum atomic E-state index is 0. The normalized spacial score (nSPS) is 8.23. The van der Waals surface area contributed by atoms with Crippen LogP contribution in [0.5, 0.6) is 0 Å². The van der Waals surface area contributed by atoms with E-state index in [1.165, 1.54) is 22.3 Å². The van der Waals surface area contributed by atoms with Crippen molar-refractivity contribution in [1.82, 2.24) is 0 Å². The van der Waals surface area contributed by atoms with E-state index in [0.717, 1.165) is 98.9 Å². The molecule has 0 fully saturated rings. The molecule has 10 aromatic rings. The van der Waals surface area contributed by atoms with Gasteiger partial charge in [-0.2, -0.15) is 0 Å². The summed E-state index contributed by atoms with van der Waals surface area (Å²) in [5.74, 6) is 0. The Kier molecular flexibility index (Phi) is 86.4. The number of hydrogen-bond acceptors (Lipinski definition) is 4. The minimum Gasteiger partial charge on any atom is -0.456 e. The Hall–Kier alpha value is 9.97. The van der Waals surface area contributed by atoms with Gasteiger partial charge in [0.25, 0.3) is 0 Å². The maximum absolute atomic E-state index is 6.15. The number of rotatable bonds is 0. The van der Waals surface area contributed by atoms with Crippen molar-refractivity contribution in [3.63, 3.8) is 0 Å². The first-order chi connectivity index (χ1) is 25.2. The molecule has 6 aromatic carbocycles. The van der Waals surface area contributed by atoms with E-state index in [-0.39, 0.29) is 488 Å². The van der Waals surface area contributed by atoms with Gasteiger partial charge in [0.05, 0.1) is 0 Å². The molecule has 4 heterocycles. The molecule has 0 bridgehead atoms. The van der Waals surface area contributed by atoms with Crippen LogP contribution >= 0.6 is 0 Å². The van der Waals surface area contributed by atoms with Crippen LogP contribution in [0.3, 0.4) is 0 Å². The van der Waals surface area contributed by atoms with Crippen molar-refractivity contribution in [3.8, 4) is 0 Å². The first-order valence-corrected chi connectivity index (χ1v) is 18.7. The Labute approximate surface area is 774 Å². The van der Waals surface area contributed by atoms with Crippen molar-refractivity contribution >= 4 is 87.8 Å². The Morgan fingerprint density at radius 2 is 0.457 bits per heavy atom. The minimum absolute atomic E-state index is 0. The molecule has 0 unspecified atom stereocenters. The third kappa shape index (κ3) is 25.7. The van der Waals surface area contributed by atoms with Crippen molar-refractivity contribution in [2.45, 2.75) is 83.1 Å². The summed E-state index contributed by atoms with van der Waals surface area (Å²) in [4.78, 5) is 0. The molecule has 18 heteroatoms. The number of fused-ring (bicyclic) bond motifs is 12. The molecule has 4 aromatic heterocycles. The quantitative estimate of drug-likeness (QED) is 0.142. The first kappa shape index (κ1) is 111. The van der Waals surface area contributed by atoms with Crippen LogP contribution in [0.15, 0.2) is 103 Å². The third-order valence-corrected chi connectivity index (χ3v) is 9.43. The smallest absolute Gasteiger partial charge is 0.138 e. The van der Waals surface area contributed by atoms with E-state index < -0.39 is 0 Å². The molecule has 0 amide bonds. The second-order valence-corrected chi connectivity index (χ2v) is 12.9. The van der Waals surface area contributed by atoms with Crippen molar-refractivity contribution in [2.75, 3.05) is 0 Å². The monoisotopic (exact) mass is 2000 g/mol. The molecule has 0 atom stereocenters. The van der Waals surface area contributed by atoms with Gasteiger partial charge in [0.15, 0.2) is 0 Å². The van der Waals surface area contributed by atoms with Crippen molar-refractivity contribution in [3.05, 3.63) is 148 Å². The topological polar surface area (TPSA) is 52.6 Å². The zero-order chi connectivity index (χ0) is 37.4. The molecule has 0 aliphatic rings. The summed E-state index contributed by atoms with van der Waals surface area (Å²) in [5, 5.41) is 9.10. The second kappa shape index (κ2) is 54.4. The molecular formula is C52H62O4Y14-4. The fourth-order valence-corrected chi connectivity index (χ4v) is 7.32. The van der Waals surface area contributed by atoms with Gasteiger partial charge in [0, 0.05) is 501 Å². The zero-order valence-corrected chi connectivity index (χ0v) is 84.5. The Morgan fingerprint density at radius 1 is 0.243 bits per heavy atom. The van der Waals surface area contributed by atoms with Crippen LogP contribution in [0.2, 0.25) is 0 Å². The molecule has 4 nitrogen and oxygen atoms in total. The summed E-state index contributed by atoms with van der Waals surface area (Å²) >= 11 is 0. The van der Waals surface area contributed by atoms with E-state index in [1.807, 2.05) is 41.5 Å². The van der Waals surface area contributed by atoms with E-state index >= 15 is 0 Å². The van der Waals surface area contributed by atoms with Gasteiger partial charge in [-0.1, -0.05) is 90.1 Å². The molecule has 0 saturated heterocycles. The van der Waals surface area contributed by atoms with Gasteiger partial charge in [-0.05, 0) is 111 Å². The standard InChI is InChI=1S/2C21H16O2.3C2H6.4CH3.14Y/c2*1-11-7-13(3)21-17(8-11)16-10-18-15(9-19(16)23-21)14-6-4-5-12(2)20(14)22-18;3*1-2;;;;;;;;;;;;;;;;;;/h2*4-10H,1-3H3;3*1-2H3;4*1H3;;;;;;;;;;;;;;/q;;;;;4*-1;;;;;;;;;;;;;;. The maximum Gasteiger partial charge on any atom is 0.138 e. The van der Waals surface area contributed by atoms with Crippen LogP contribution in [0.25, 0.3) is 87.8 Å². The van der Waals surface area contributed by atoms with Crippen molar-refractivity contribution in [2.24, 2.45) is 0 Å². The number of para-hydroxylation sites is 2. The van der Waals surface area contributed by atoms with Crippen LogP contribution in [0, 0.1) is 71.2 Å². The second-order valence-electron chi connectivity index (χ2n) is 12.9. The first-order valence-electron chi connectivity index (χ1n) is 18.7. The average Bonchev–Trinajstić information content (AvgIpc) is 3.91. The van der Waals surface area contributed by atoms with E-state index in [0.29, 0.717) is 0 Å². The van der Waals surface area contributed by atoms with Gasteiger partial charge in [0.1, 0.15) is 44.7 Å². The van der Waals surface area contributed by atoms with Crippen molar-refractivity contribution in [1.29, 1.82) is 0 Å². The van der Waals surface area contributed by atoms with E-state index in [4.69, 9.17) is 17.7 Å². The molecule has 0 N–H and O–H groups in total. The SMILES string of the molecule is CC.CC.CC.Cc1cc(C)c2oc3cc4c(cc3c2c1)oc1c(C)cccc14.Cc1cc(C)c2oc3cc4c(cc3c2c1)oc1c(C)cccc14.[CH3-].[CH3-].[CH3-].[CH3-].[Y].[Y].[Y].[Y].[Y].[Y].[Y].[Y].[Y].[Y].[Y].[Y].[Y].[Y]. The van der Waals surface area contributed by atoms with Gasteiger partial charge in [-0.15, -0.1) is 0 Å². The zero-order valence-electron chi connectivity index (χ0n) is 44.8. The largest absolute Gasteiger partial charge is 0.456 e. The van der Waals surface area contributed by atoms with Crippen LogP contribution in [0.1, 0.15) is 74.9 Å². The van der Waals surface area contributed by atoms with Gasteiger partial charge in [0.2, 0.25) is 0 Å². The number of hydrogen-bond donors (Lipinski definition) is 0. The summed E-state index contributed by atoms with van der Waals surface area (Å²) in [6, 6.07) is 29.7. The molecule has 14 radical (unpaired) electrons. The van der Waals surface area contributed by atoms with Gasteiger partial charge < -0.3 is 47.4 Å². The average molecular weight is 2000 g/mol. The fourth-order valence-electron chi connectivity index (χ4n) is 7.32. The van der Waals surface area contributed by atoms with Crippen LogP contribution in [-0.4, -0.2) is 0 Å². The molecule has 70 heavy (non-hydrogen) atoms. The van der Waals surface area contributed by atoms with Gasteiger partial charge in [-0.3, -0.25) is 0 Å². The predicted octanol–water partition coefficient (Wildman–Crippen LogP) is 17.7. The molecular weight excluding hydrogens is 1930 g/mol. The maximum atomic E-state index is 6.15. The number of aryl methyl sites for hydroxylation is 6. The third-order valence-electron chi connectivity index (χ3n) is 9.43. The Morgan fingerprint density at radius 3 is 0.700 bits per heavy atom. The van der Waals surface area contributed by atoms with Gasteiger partial charge >= 0.3 is 0 Å². The Balaban J connectivity index is -0.0000000618. The number of furan rings is 4. The summed E-state index contributed by atoms with van der Waals surface area (Å²) < 4.78 is 24.6.